The fourth-order valence-electron chi connectivity index (χ4n) is 2.25. The Bertz CT molecular complexity index is 627. The highest BCUT2D eigenvalue weighted by Gasteiger charge is 2.20. The second-order valence-corrected chi connectivity index (χ2v) is 5.83. The molecule has 0 aliphatic rings. The smallest absolute Gasteiger partial charge is 0.142 e. The predicted octanol–water partition coefficient (Wildman–Crippen LogP) is 3.79. The average Bonchev–Trinajstić information content (AvgIpc) is 2.65. The van der Waals surface area contributed by atoms with Crippen LogP contribution in [0.15, 0.2) is 22.7 Å². The largest absolute Gasteiger partial charge is 0.313 e. The third-order valence-corrected chi connectivity index (χ3v) is 4.79. The van der Waals surface area contributed by atoms with E-state index < -0.39 is 5.82 Å². The molecule has 0 aliphatic carbocycles. The van der Waals surface area contributed by atoms with E-state index in [0.29, 0.717) is 6.42 Å². The summed E-state index contributed by atoms with van der Waals surface area (Å²) in [6.07, 6.45) is 0.664. The number of aromatic nitrogens is 2. The zero-order valence-corrected chi connectivity index (χ0v) is 13.9. The van der Waals surface area contributed by atoms with Crippen molar-refractivity contribution in [2.45, 2.75) is 19.4 Å². The van der Waals surface area contributed by atoms with Gasteiger partial charge >= 0.3 is 0 Å². The summed E-state index contributed by atoms with van der Waals surface area (Å²) in [5.41, 5.74) is 2.73. The van der Waals surface area contributed by atoms with E-state index in [0.717, 1.165) is 21.4 Å². The van der Waals surface area contributed by atoms with Crippen molar-refractivity contribution in [1.82, 2.24) is 15.1 Å². The molecular weight excluding hydrogens is 345 g/mol. The van der Waals surface area contributed by atoms with E-state index in [4.69, 9.17) is 11.6 Å². The van der Waals surface area contributed by atoms with Crippen LogP contribution in [0, 0.1) is 12.7 Å². The molecule has 0 fully saturated rings. The fourth-order valence-corrected chi connectivity index (χ4v) is 3.01. The molecule has 0 saturated heterocycles. The van der Waals surface area contributed by atoms with Gasteiger partial charge in [-0.3, -0.25) is 4.68 Å². The molecule has 1 atom stereocenters. The van der Waals surface area contributed by atoms with E-state index in [9.17, 15) is 4.39 Å². The number of likely N-dealkylation sites (N-methyl/N-ethyl adjacent to an activating group) is 1. The van der Waals surface area contributed by atoms with E-state index in [1.807, 2.05) is 31.8 Å². The van der Waals surface area contributed by atoms with Gasteiger partial charge in [0.2, 0.25) is 0 Å². The van der Waals surface area contributed by atoms with Crippen LogP contribution < -0.4 is 5.32 Å². The van der Waals surface area contributed by atoms with Crippen LogP contribution in [-0.4, -0.2) is 16.8 Å². The molecule has 0 bridgehead atoms. The Hall–Kier alpha value is -0.910. The molecule has 1 unspecified atom stereocenters. The molecule has 0 amide bonds. The molecule has 20 heavy (non-hydrogen) atoms. The van der Waals surface area contributed by atoms with E-state index in [1.165, 1.54) is 6.07 Å². The summed E-state index contributed by atoms with van der Waals surface area (Å²) in [4.78, 5) is 0. The minimum Gasteiger partial charge on any atom is -0.313 e. The predicted molar refractivity (Wildman–Crippen MR) is 82.6 cm³/mol. The normalized spacial score (nSPS) is 12.7. The highest BCUT2D eigenvalue weighted by molar-refractivity contribution is 9.10. The standard InChI is InChI=1S/C14H16BrClFN3/c1-8-13(15)12(20(3)19-8)7-11(18-2)9-5-4-6-10(17)14(9)16/h4-6,11,18H,7H2,1-3H3. The summed E-state index contributed by atoms with van der Waals surface area (Å²) in [5, 5.41) is 7.72. The van der Waals surface area contributed by atoms with Crippen LogP contribution in [-0.2, 0) is 13.5 Å². The summed E-state index contributed by atoms with van der Waals surface area (Å²) >= 11 is 9.61. The fraction of sp³-hybridized carbons (Fsp3) is 0.357. The first-order chi connectivity index (χ1) is 9.45. The number of benzene rings is 1. The zero-order chi connectivity index (χ0) is 14.9. The minimum absolute atomic E-state index is 0.0794. The van der Waals surface area contributed by atoms with Crippen molar-refractivity contribution in [3.8, 4) is 0 Å². The molecule has 6 heteroatoms. The minimum atomic E-state index is -0.398. The van der Waals surface area contributed by atoms with Crippen LogP contribution >= 0.6 is 27.5 Å². The molecule has 0 radical (unpaired) electrons. The van der Waals surface area contributed by atoms with E-state index >= 15 is 0 Å². The second-order valence-electron chi connectivity index (χ2n) is 4.66. The van der Waals surface area contributed by atoms with E-state index in [-0.39, 0.29) is 11.1 Å². The van der Waals surface area contributed by atoms with Gasteiger partial charge in [-0.1, -0.05) is 23.7 Å². The molecule has 3 nitrogen and oxygen atoms in total. The van der Waals surface area contributed by atoms with Crippen molar-refractivity contribution in [1.29, 1.82) is 0 Å². The number of nitrogens with one attached hydrogen (secondary N) is 1. The summed E-state index contributed by atoms with van der Waals surface area (Å²) in [7, 11) is 3.73. The molecule has 0 spiro atoms. The maximum atomic E-state index is 13.6. The molecular formula is C14H16BrClFN3. The van der Waals surface area contributed by atoms with Crippen LogP contribution in [0.1, 0.15) is 23.0 Å². The van der Waals surface area contributed by atoms with Gasteiger partial charge in [-0.05, 0) is 41.5 Å². The summed E-state index contributed by atoms with van der Waals surface area (Å²) in [5.74, 6) is -0.398. The summed E-state index contributed by atoms with van der Waals surface area (Å²) in [6.45, 7) is 1.94. The molecule has 1 aromatic heterocycles. The first-order valence-corrected chi connectivity index (χ1v) is 7.42. The summed E-state index contributed by atoms with van der Waals surface area (Å²) < 4.78 is 16.4. The highest BCUT2D eigenvalue weighted by atomic mass is 79.9. The third-order valence-electron chi connectivity index (χ3n) is 3.36. The number of nitrogens with zero attached hydrogens (tertiary/aromatic N) is 2. The average molecular weight is 361 g/mol. The molecule has 0 aliphatic heterocycles. The molecule has 1 aromatic carbocycles. The third kappa shape index (κ3) is 2.90. The Kier molecular flexibility index (Phi) is 4.83. The molecule has 108 valence electrons. The van der Waals surface area contributed by atoms with Crippen LogP contribution in [0.5, 0.6) is 0 Å². The van der Waals surface area contributed by atoms with Gasteiger partial charge in [0.15, 0.2) is 0 Å². The Balaban J connectivity index is 2.36. The maximum Gasteiger partial charge on any atom is 0.142 e. The van der Waals surface area contributed by atoms with Crippen molar-refractivity contribution in [2.75, 3.05) is 7.05 Å². The van der Waals surface area contributed by atoms with Crippen LogP contribution in [0.2, 0.25) is 5.02 Å². The van der Waals surface area contributed by atoms with Gasteiger partial charge in [0.05, 0.1) is 20.9 Å². The zero-order valence-electron chi connectivity index (χ0n) is 11.5. The van der Waals surface area contributed by atoms with Crippen LogP contribution in [0.3, 0.4) is 0 Å². The number of halogens is 3. The summed E-state index contributed by atoms with van der Waals surface area (Å²) in [6, 6.07) is 4.79. The number of rotatable bonds is 4. The van der Waals surface area contributed by atoms with Crippen molar-refractivity contribution in [3.05, 3.63) is 50.5 Å². The van der Waals surface area contributed by atoms with Crippen molar-refractivity contribution < 1.29 is 4.39 Å². The molecule has 1 heterocycles. The first-order valence-electron chi connectivity index (χ1n) is 6.24. The lowest BCUT2D eigenvalue weighted by Crippen LogP contribution is -2.21. The Morgan fingerprint density at radius 3 is 2.75 bits per heavy atom. The van der Waals surface area contributed by atoms with Crippen LogP contribution in [0.25, 0.3) is 0 Å². The molecule has 1 N–H and O–H groups in total. The van der Waals surface area contributed by atoms with Crippen LogP contribution in [0.4, 0.5) is 4.39 Å². The van der Waals surface area contributed by atoms with Gasteiger partial charge in [-0.2, -0.15) is 5.10 Å². The van der Waals surface area contributed by atoms with Gasteiger partial charge < -0.3 is 5.32 Å². The first kappa shape index (κ1) is 15.5. The molecule has 0 saturated carbocycles. The van der Waals surface area contributed by atoms with Gasteiger partial charge in [-0.25, -0.2) is 4.39 Å². The molecule has 2 rings (SSSR count). The number of aryl methyl sites for hydroxylation is 2. The van der Waals surface area contributed by atoms with Gasteiger partial charge in [-0.15, -0.1) is 0 Å². The van der Waals surface area contributed by atoms with Crippen molar-refractivity contribution in [3.63, 3.8) is 0 Å². The second kappa shape index (κ2) is 6.24. The molecule has 2 aromatic rings. The highest BCUT2D eigenvalue weighted by Crippen LogP contribution is 2.30. The van der Waals surface area contributed by atoms with Gasteiger partial charge in [0, 0.05) is 19.5 Å². The van der Waals surface area contributed by atoms with E-state index in [2.05, 4.69) is 26.3 Å². The Morgan fingerprint density at radius 1 is 1.50 bits per heavy atom. The topological polar surface area (TPSA) is 29.9 Å². The van der Waals surface area contributed by atoms with Gasteiger partial charge in [0.25, 0.3) is 0 Å². The van der Waals surface area contributed by atoms with E-state index in [1.54, 1.807) is 6.07 Å². The maximum absolute atomic E-state index is 13.6. The van der Waals surface area contributed by atoms with Crippen molar-refractivity contribution >= 4 is 27.5 Å². The monoisotopic (exact) mass is 359 g/mol. The number of hydrogen-bond donors (Lipinski definition) is 1. The lowest BCUT2D eigenvalue weighted by molar-refractivity contribution is 0.553. The lowest BCUT2D eigenvalue weighted by atomic mass is 10.0. The van der Waals surface area contributed by atoms with Gasteiger partial charge in [0.1, 0.15) is 5.82 Å². The number of hydrogen-bond acceptors (Lipinski definition) is 2. The Morgan fingerprint density at radius 2 is 2.20 bits per heavy atom. The lowest BCUT2D eigenvalue weighted by Gasteiger charge is -2.18. The Labute approximate surface area is 131 Å². The SMILES string of the molecule is CNC(Cc1c(Br)c(C)nn1C)c1cccc(F)c1Cl. The quantitative estimate of drug-likeness (QED) is 0.899. The van der Waals surface area contributed by atoms with Crippen molar-refractivity contribution in [2.24, 2.45) is 7.05 Å².